The molecule has 0 spiro atoms. The minimum Gasteiger partial charge on any atom is -0.478 e. The predicted octanol–water partition coefficient (Wildman–Crippen LogP) is 3.18. The largest absolute Gasteiger partial charge is 0.478 e. The molecule has 2 aromatic rings. The summed E-state index contributed by atoms with van der Waals surface area (Å²) < 4.78 is 5.65. The van der Waals surface area contributed by atoms with E-state index in [1.807, 2.05) is 25.1 Å². The number of carboxylic acid groups (broad SMARTS) is 1. The molecule has 0 aliphatic carbocycles. The Morgan fingerprint density at radius 2 is 2.11 bits per heavy atom. The molecule has 4 nitrogen and oxygen atoms in total. The van der Waals surface area contributed by atoms with Crippen LogP contribution in [0.1, 0.15) is 23.0 Å². The van der Waals surface area contributed by atoms with E-state index in [-0.39, 0.29) is 18.0 Å². The van der Waals surface area contributed by atoms with Crippen LogP contribution in [-0.2, 0) is 6.54 Å². The highest BCUT2D eigenvalue weighted by molar-refractivity contribution is 5.89. The van der Waals surface area contributed by atoms with Crippen LogP contribution in [0.25, 0.3) is 11.3 Å². The highest BCUT2D eigenvalue weighted by atomic mass is 35.5. The Morgan fingerprint density at radius 3 is 2.79 bits per heavy atom. The van der Waals surface area contributed by atoms with Crippen LogP contribution >= 0.6 is 12.4 Å². The Hall–Kier alpha value is -1.78. The minimum atomic E-state index is -0.934. The number of carboxylic acids is 1. The van der Waals surface area contributed by atoms with E-state index < -0.39 is 5.97 Å². The van der Waals surface area contributed by atoms with Crippen molar-refractivity contribution in [3.63, 3.8) is 0 Å². The van der Waals surface area contributed by atoms with Gasteiger partial charge >= 0.3 is 5.97 Å². The first-order valence-electron chi connectivity index (χ1n) is 5.84. The maximum atomic E-state index is 10.9. The predicted molar refractivity (Wildman–Crippen MR) is 75.7 cm³/mol. The first-order chi connectivity index (χ1) is 8.70. The van der Waals surface area contributed by atoms with Crippen molar-refractivity contribution in [2.45, 2.75) is 13.5 Å². The quantitative estimate of drug-likeness (QED) is 0.883. The van der Waals surface area contributed by atoms with Crippen molar-refractivity contribution >= 4 is 18.4 Å². The zero-order chi connectivity index (χ0) is 13.0. The lowest BCUT2D eigenvalue weighted by molar-refractivity contribution is 0.0697. The third kappa shape index (κ3) is 3.84. The molecule has 1 aromatic heterocycles. The van der Waals surface area contributed by atoms with Gasteiger partial charge in [0, 0.05) is 5.56 Å². The van der Waals surface area contributed by atoms with Crippen molar-refractivity contribution in [3.8, 4) is 11.3 Å². The molecule has 0 fully saturated rings. The van der Waals surface area contributed by atoms with Gasteiger partial charge in [-0.1, -0.05) is 19.1 Å². The third-order valence-electron chi connectivity index (χ3n) is 2.60. The number of carbonyl (C=O) groups is 1. The molecular weight excluding hydrogens is 266 g/mol. The lowest BCUT2D eigenvalue weighted by Crippen LogP contribution is -2.10. The van der Waals surface area contributed by atoms with E-state index in [4.69, 9.17) is 9.52 Å². The second-order valence-electron chi connectivity index (χ2n) is 3.93. The van der Waals surface area contributed by atoms with Crippen LogP contribution in [0.2, 0.25) is 0 Å². The molecule has 0 aliphatic rings. The van der Waals surface area contributed by atoms with Gasteiger partial charge in [-0.25, -0.2) is 4.79 Å². The van der Waals surface area contributed by atoms with Gasteiger partial charge in [-0.15, -0.1) is 12.4 Å². The standard InChI is InChI=1S/C14H15NO3.ClH/c1-2-15-9-12-6-7-13(18-12)10-4-3-5-11(8-10)14(16)17;/h3-8,15H,2,9H2,1H3,(H,16,17);1H. The zero-order valence-electron chi connectivity index (χ0n) is 10.6. The first kappa shape index (κ1) is 15.3. The summed E-state index contributed by atoms with van der Waals surface area (Å²) in [5, 5.41) is 12.1. The van der Waals surface area contributed by atoms with E-state index in [1.165, 1.54) is 0 Å². The SMILES string of the molecule is CCNCc1ccc(-c2cccc(C(=O)O)c2)o1.Cl. The van der Waals surface area contributed by atoms with Gasteiger partial charge in [-0.05, 0) is 30.8 Å². The maximum Gasteiger partial charge on any atom is 0.335 e. The maximum absolute atomic E-state index is 10.9. The molecule has 1 heterocycles. The molecule has 2 rings (SSSR count). The summed E-state index contributed by atoms with van der Waals surface area (Å²) in [5.41, 5.74) is 1.04. The number of aromatic carboxylic acids is 1. The fourth-order valence-corrected chi connectivity index (χ4v) is 1.68. The number of rotatable bonds is 5. The number of nitrogens with one attached hydrogen (secondary N) is 1. The Morgan fingerprint density at radius 1 is 1.32 bits per heavy atom. The number of hydrogen-bond donors (Lipinski definition) is 2. The van der Waals surface area contributed by atoms with E-state index >= 15 is 0 Å². The summed E-state index contributed by atoms with van der Waals surface area (Å²) >= 11 is 0. The minimum absolute atomic E-state index is 0. The smallest absolute Gasteiger partial charge is 0.335 e. The monoisotopic (exact) mass is 281 g/mol. The van der Waals surface area contributed by atoms with Crippen molar-refractivity contribution in [1.82, 2.24) is 5.32 Å². The van der Waals surface area contributed by atoms with Crippen molar-refractivity contribution in [3.05, 3.63) is 47.7 Å². The molecular formula is C14H16ClNO3. The molecule has 2 N–H and O–H groups in total. The second kappa shape index (κ2) is 6.97. The van der Waals surface area contributed by atoms with E-state index in [0.717, 1.165) is 17.9 Å². The summed E-state index contributed by atoms with van der Waals surface area (Å²) in [6.07, 6.45) is 0. The van der Waals surface area contributed by atoms with Gasteiger partial charge in [0.05, 0.1) is 12.1 Å². The molecule has 0 atom stereocenters. The number of hydrogen-bond acceptors (Lipinski definition) is 3. The van der Waals surface area contributed by atoms with Gasteiger partial charge in [0.2, 0.25) is 0 Å². The first-order valence-corrected chi connectivity index (χ1v) is 5.84. The lowest BCUT2D eigenvalue weighted by atomic mass is 10.1. The topological polar surface area (TPSA) is 62.5 Å². The molecule has 0 unspecified atom stereocenters. The Balaban J connectivity index is 0.00000180. The molecule has 0 amide bonds. The molecule has 1 aromatic carbocycles. The van der Waals surface area contributed by atoms with E-state index in [2.05, 4.69) is 5.32 Å². The molecule has 19 heavy (non-hydrogen) atoms. The molecule has 5 heteroatoms. The summed E-state index contributed by atoms with van der Waals surface area (Å²) in [6.45, 7) is 3.58. The van der Waals surface area contributed by atoms with Crippen molar-refractivity contribution in [2.24, 2.45) is 0 Å². The molecule has 0 bridgehead atoms. The Labute approximate surface area is 117 Å². The third-order valence-corrected chi connectivity index (χ3v) is 2.60. The van der Waals surface area contributed by atoms with Crippen LogP contribution in [0.5, 0.6) is 0 Å². The lowest BCUT2D eigenvalue weighted by Gasteiger charge is -2.00. The average Bonchev–Trinajstić information content (AvgIpc) is 2.85. The normalized spacial score (nSPS) is 9.95. The van der Waals surface area contributed by atoms with Gasteiger partial charge in [0.15, 0.2) is 0 Å². The van der Waals surface area contributed by atoms with Crippen LogP contribution in [0.4, 0.5) is 0 Å². The van der Waals surface area contributed by atoms with Gasteiger partial charge in [0.1, 0.15) is 11.5 Å². The Kier molecular flexibility index (Phi) is 5.60. The number of halogens is 1. The van der Waals surface area contributed by atoms with Gasteiger partial charge in [-0.3, -0.25) is 0 Å². The van der Waals surface area contributed by atoms with Crippen LogP contribution in [0.15, 0.2) is 40.8 Å². The highest BCUT2D eigenvalue weighted by Gasteiger charge is 2.08. The molecule has 0 aliphatic heterocycles. The summed E-state index contributed by atoms with van der Waals surface area (Å²) in [4.78, 5) is 10.9. The fourth-order valence-electron chi connectivity index (χ4n) is 1.68. The van der Waals surface area contributed by atoms with Gasteiger partial charge in [0.25, 0.3) is 0 Å². The second-order valence-corrected chi connectivity index (χ2v) is 3.93. The molecule has 0 saturated heterocycles. The summed E-state index contributed by atoms with van der Waals surface area (Å²) in [7, 11) is 0. The van der Waals surface area contributed by atoms with Crippen LogP contribution < -0.4 is 5.32 Å². The van der Waals surface area contributed by atoms with Crippen LogP contribution in [0.3, 0.4) is 0 Å². The zero-order valence-corrected chi connectivity index (χ0v) is 11.4. The molecule has 0 radical (unpaired) electrons. The fraction of sp³-hybridized carbons (Fsp3) is 0.214. The summed E-state index contributed by atoms with van der Waals surface area (Å²) in [5.74, 6) is 0.592. The van der Waals surface area contributed by atoms with Crippen molar-refractivity contribution < 1.29 is 14.3 Å². The average molecular weight is 282 g/mol. The van der Waals surface area contributed by atoms with E-state index in [9.17, 15) is 4.79 Å². The van der Waals surface area contributed by atoms with Crippen LogP contribution in [0, 0.1) is 0 Å². The molecule has 0 saturated carbocycles. The molecule has 102 valence electrons. The number of benzene rings is 1. The van der Waals surface area contributed by atoms with Gasteiger partial charge < -0.3 is 14.8 Å². The van der Waals surface area contributed by atoms with E-state index in [0.29, 0.717) is 12.3 Å². The van der Waals surface area contributed by atoms with Crippen molar-refractivity contribution in [1.29, 1.82) is 0 Å². The van der Waals surface area contributed by atoms with Gasteiger partial charge in [-0.2, -0.15) is 0 Å². The van der Waals surface area contributed by atoms with Crippen molar-refractivity contribution in [2.75, 3.05) is 6.54 Å². The highest BCUT2D eigenvalue weighted by Crippen LogP contribution is 2.23. The van der Waals surface area contributed by atoms with Crippen LogP contribution in [-0.4, -0.2) is 17.6 Å². The Bertz CT molecular complexity index is 551. The summed E-state index contributed by atoms with van der Waals surface area (Å²) in [6, 6.07) is 10.5. The van der Waals surface area contributed by atoms with E-state index in [1.54, 1.807) is 18.2 Å². The number of furan rings is 1.